The lowest BCUT2D eigenvalue weighted by Gasteiger charge is -2.12. The average molecular weight is 296 g/mol. The van der Waals surface area contributed by atoms with Crippen LogP contribution in [0.25, 0.3) is 0 Å². The summed E-state index contributed by atoms with van der Waals surface area (Å²) in [7, 11) is 0. The van der Waals surface area contributed by atoms with Crippen molar-refractivity contribution in [3.05, 3.63) is 44.6 Å². The summed E-state index contributed by atoms with van der Waals surface area (Å²) in [5, 5.41) is 4.40. The Bertz CT molecular complexity index is 612. The highest BCUT2D eigenvalue weighted by molar-refractivity contribution is 7.11. The molecule has 2 aromatic rings. The summed E-state index contributed by atoms with van der Waals surface area (Å²) < 4.78 is 0. The minimum absolute atomic E-state index is 0.0977. The van der Waals surface area contributed by atoms with Crippen molar-refractivity contribution in [1.29, 1.82) is 0 Å². The Labute approximate surface area is 120 Å². The second-order valence-electron chi connectivity index (χ2n) is 4.24. The summed E-state index contributed by atoms with van der Waals surface area (Å²) in [6, 6.07) is 3.09. The molecule has 1 unspecified atom stereocenters. The summed E-state index contributed by atoms with van der Waals surface area (Å²) >= 11 is 7.43. The topological polar surface area (TPSA) is 54.9 Å². The molecule has 19 heavy (non-hydrogen) atoms. The van der Waals surface area contributed by atoms with E-state index in [-0.39, 0.29) is 11.9 Å². The van der Waals surface area contributed by atoms with Gasteiger partial charge >= 0.3 is 0 Å². The quantitative estimate of drug-likeness (QED) is 0.945. The molecule has 0 aliphatic heterocycles. The van der Waals surface area contributed by atoms with Crippen molar-refractivity contribution in [3.63, 3.8) is 0 Å². The average Bonchev–Trinajstić information content (AvgIpc) is 2.68. The fourth-order valence-electron chi connectivity index (χ4n) is 1.81. The number of hydrogen-bond donors (Lipinski definition) is 1. The van der Waals surface area contributed by atoms with Crippen LogP contribution in [0.5, 0.6) is 0 Å². The van der Waals surface area contributed by atoms with Crippen molar-refractivity contribution >= 4 is 28.8 Å². The highest BCUT2D eigenvalue weighted by atomic mass is 35.5. The molecule has 0 fully saturated rings. The molecule has 0 saturated heterocycles. The maximum absolute atomic E-state index is 12.1. The zero-order valence-corrected chi connectivity index (χ0v) is 12.5. The molecule has 1 N–H and O–H groups in total. The Morgan fingerprint density at radius 1 is 1.47 bits per heavy atom. The number of pyridine rings is 1. The van der Waals surface area contributed by atoms with Crippen LogP contribution in [-0.4, -0.2) is 15.9 Å². The Kier molecular flexibility index (Phi) is 4.17. The monoisotopic (exact) mass is 295 g/mol. The molecule has 4 nitrogen and oxygen atoms in total. The first kappa shape index (κ1) is 14.0. The van der Waals surface area contributed by atoms with Gasteiger partial charge in [-0.05, 0) is 32.9 Å². The Morgan fingerprint density at radius 2 is 2.21 bits per heavy atom. The van der Waals surface area contributed by atoms with Crippen LogP contribution in [0, 0.1) is 13.8 Å². The molecule has 1 amide bonds. The lowest BCUT2D eigenvalue weighted by molar-refractivity contribution is 0.0935. The lowest BCUT2D eigenvalue weighted by Crippen LogP contribution is -2.27. The zero-order chi connectivity index (χ0) is 14.0. The molecule has 0 spiro atoms. The summed E-state index contributed by atoms with van der Waals surface area (Å²) in [4.78, 5) is 21.5. The highest BCUT2D eigenvalue weighted by Gasteiger charge is 2.17. The Balaban J connectivity index is 2.13. The van der Waals surface area contributed by atoms with Gasteiger partial charge in [0.1, 0.15) is 5.69 Å². The third-order valence-electron chi connectivity index (χ3n) is 2.63. The third-order valence-corrected chi connectivity index (χ3v) is 4.13. The molecule has 6 heteroatoms. The number of carbonyl (C=O) groups is 1. The molecular formula is C13H14ClN3OS. The normalized spacial score (nSPS) is 12.2. The molecule has 0 aromatic carbocycles. The molecule has 2 aromatic heterocycles. The van der Waals surface area contributed by atoms with Gasteiger partial charge in [0, 0.05) is 16.1 Å². The van der Waals surface area contributed by atoms with Crippen molar-refractivity contribution in [2.24, 2.45) is 0 Å². The van der Waals surface area contributed by atoms with Crippen LogP contribution in [-0.2, 0) is 0 Å². The van der Waals surface area contributed by atoms with Crippen molar-refractivity contribution in [1.82, 2.24) is 15.3 Å². The number of nitrogens with zero attached hydrogens (tertiary/aromatic N) is 2. The molecule has 0 saturated carbocycles. The molecule has 0 aliphatic rings. The van der Waals surface area contributed by atoms with Crippen LogP contribution in [0.4, 0.5) is 0 Å². The Morgan fingerprint density at radius 3 is 2.79 bits per heavy atom. The number of aromatic nitrogens is 2. The number of halogens is 1. The summed E-state index contributed by atoms with van der Waals surface area (Å²) in [5.74, 6) is -0.236. The number of amides is 1. The minimum Gasteiger partial charge on any atom is -0.343 e. The van der Waals surface area contributed by atoms with Crippen LogP contribution >= 0.6 is 22.9 Å². The number of aryl methyl sites for hydroxylation is 2. The van der Waals surface area contributed by atoms with Crippen molar-refractivity contribution in [2.45, 2.75) is 26.8 Å². The van der Waals surface area contributed by atoms with E-state index < -0.39 is 0 Å². The highest BCUT2D eigenvalue weighted by Crippen LogP contribution is 2.24. The van der Waals surface area contributed by atoms with Gasteiger partial charge < -0.3 is 5.32 Å². The number of carbonyl (C=O) groups excluding carboxylic acids is 1. The first-order valence-corrected chi connectivity index (χ1v) is 7.03. The van der Waals surface area contributed by atoms with E-state index in [0.717, 1.165) is 15.6 Å². The SMILES string of the molecule is Cc1nc(C)c(C(C)NC(=O)c2cc(Cl)ccn2)s1. The van der Waals surface area contributed by atoms with Crippen molar-refractivity contribution in [2.75, 3.05) is 0 Å². The van der Waals surface area contributed by atoms with Gasteiger partial charge in [-0.3, -0.25) is 9.78 Å². The standard InChI is InChI=1S/C13H14ClN3OS/c1-7-12(19-9(3)16-7)8(2)17-13(18)11-6-10(14)4-5-15-11/h4-6,8H,1-3H3,(H,17,18). The third kappa shape index (κ3) is 3.30. The van der Waals surface area contributed by atoms with E-state index in [1.165, 1.54) is 6.20 Å². The summed E-state index contributed by atoms with van der Waals surface area (Å²) in [6.07, 6.45) is 1.52. The van der Waals surface area contributed by atoms with Crippen LogP contribution in [0.2, 0.25) is 5.02 Å². The number of hydrogen-bond acceptors (Lipinski definition) is 4. The predicted molar refractivity (Wildman–Crippen MR) is 76.7 cm³/mol. The number of nitrogens with one attached hydrogen (secondary N) is 1. The van der Waals surface area contributed by atoms with Crippen molar-refractivity contribution < 1.29 is 4.79 Å². The molecule has 0 aliphatic carbocycles. The molecule has 0 radical (unpaired) electrons. The number of rotatable bonds is 3. The van der Waals surface area contributed by atoms with Gasteiger partial charge in [-0.2, -0.15) is 0 Å². The van der Waals surface area contributed by atoms with E-state index in [2.05, 4.69) is 15.3 Å². The zero-order valence-electron chi connectivity index (χ0n) is 10.9. The van der Waals surface area contributed by atoms with E-state index in [1.54, 1.807) is 23.5 Å². The minimum atomic E-state index is -0.236. The number of thiazole rings is 1. The molecule has 0 bridgehead atoms. The van der Waals surface area contributed by atoms with Crippen LogP contribution in [0.1, 0.15) is 39.0 Å². The van der Waals surface area contributed by atoms with Gasteiger partial charge in [-0.1, -0.05) is 11.6 Å². The smallest absolute Gasteiger partial charge is 0.270 e. The van der Waals surface area contributed by atoms with Gasteiger partial charge in [-0.25, -0.2) is 4.98 Å². The van der Waals surface area contributed by atoms with Crippen LogP contribution < -0.4 is 5.32 Å². The molecule has 100 valence electrons. The maximum atomic E-state index is 12.1. The largest absolute Gasteiger partial charge is 0.343 e. The van der Waals surface area contributed by atoms with E-state index in [0.29, 0.717) is 10.7 Å². The van der Waals surface area contributed by atoms with Gasteiger partial charge in [0.25, 0.3) is 5.91 Å². The van der Waals surface area contributed by atoms with Crippen molar-refractivity contribution in [3.8, 4) is 0 Å². The van der Waals surface area contributed by atoms with E-state index in [1.807, 2.05) is 20.8 Å². The van der Waals surface area contributed by atoms with E-state index in [9.17, 15) is 4.79 Å². The second-order valence-corrected chi connectivity index (χ2v) is 5.91. The summed E-state index contributed by atoms with van der Waals surface area (Å²) in [6.45, 7) is 5.83. The molecule has 2 rings (SSSR count). The van der Waals surface area contributed by atoms with Crippen LogP contribution in [0.3, 0.4) is 0 Å². The maximum Gasteiger partial charge on any atom is 0.270 e. The van der Waals surface area contributed by atoms with Gasteiger partial charge in [0.15, 0.2) is 0 Å². The first-order valence-electron chi connectivity index (χ1n) is 5.83. The van der Waals surface area contributed by atoms with E-state index in [4.69, 9.17) is 11.6 Å². The first-order chi connectivity index (χ1) is 8.97. The second kappa shape index (κ2) is 5.67. The van der Waals surface area contributed by atoms with Gasteiger partial charge in [0.05, 0.1) is 16.7 Å². The fourth-order valence-corrected chi connectivity index (χ4v) is 2.90. The lowest BCUT2D eigenvalue weighted by atomic mass is 10.2. The summed E-state index contributed by atoms with van der Waals surface area (Å²) in [5.41, 5.74) is 1.27. The fraction of sp³-hybridized carbons (Fsp3) is 0.308. The molecule has 2 heterocycles. The Hall–Kier alpha value is -1.46. The molecule has 1 atom stereocenters. The van der Waals surface area contributed by atoms with Gasteiger partial charge in [0.2, 0.25) is 0 Å². The van der Waals surface area contributed by atoms with Gasteiger partial charge in [-0.15, -0.1) is 11.3 Å². The van der Waals surface area contributed by atoms with Crippen LogP contribution in [0.15, 0.2) is 18.3 Å². The van der Waals surface area contributed by atoms with E-state index >= 15 is 0 Å². The molecular weight excluding hydrogens is 282 g/mol. The predicted octanol–water partition coefficient (Wildman–Crippen LogP) is 3.30.